The summed E-state index contributed by atoms with van der Waals surface area (Å²) in [6.45, 7) is 6.00. The van der Waals surface area contributed by atoms with E-state index in [1.807, 2.05) is 9.80 Å². The van der Waals surface area contributed by atoms with Gasteiger partial charge in [0, 0.05) is 32.2 Å². The molecule has 4 heteroatoms. The van der Waals surface area contributed by atoms with E-state index in [-0.39, 0.29) is 6.03 Å². The molecule has 2 heterocycles. The largest absolute Gasteiger partial charge is 0.325 e. The molecule has 0 aromatic rings. The van der Waals surface area contributed by atoms with Gasteiger partial charge in [-0.15, -0.1) is 0 Å². The van der Waals surface area contributed by atoms with Crippen molar-refractivity contribution in [3.8, 4) is 0 Å². The SMILES string of the molecule is CC1CCN(C(=O)N2CCC(N(C)C)C2)CC1. The summed E-state index contributed by atoms with van der Waals surface area (Å²) in [6, 6.07) is 0.809. The van der Waals surface area contributed by atoms with Gasteiger partial charge in [-0.3, -0.25) is 0 Å². The van der Waals surface area contributed by atoms with Crippen LogP contribution in [-0.4, -0.2) is 67.0 Å². The average Bonchev–Trinajstić information content (AvgIpc) is 2.78. The number of urea groups is 1. The van der Waals surface area contributed by atoms with Gasteiger partial charge in [-0.05, 0) is 39.3 Å². The molecule has 2 rings (SSSR count). The van der Waals surface area contributed by atoms with Crippen LogP contribution >= 0.6 is 0 Å². The summed E-state index contributed by atoms with van der Waals surface area (Å²) < 4.78 is 0. The third kappa shape index (κ3) is 2.92. The molecule has 98 valence electrons. The lowest BCUT2D eigenvalue weighted by Crippen LogP contribution is -2.46. The van der Waals surface area contributed by atoms with Gasteiger partial charge in [0.25, 0.3) is 0 Å². The van der Waals surface area contributed by atoms with Crippen molar-refractivity contribution in [1.82, 2.24) is 14.7 Å². The fourth-order valence-corrected chi connectivity index (χ4v) is 2.74. The van der Waals surface area contributed by atoms with Crippen LogP contribution in [0.1, 0.15) is 26.2 Å². The highest BCUT2D eigenvalue weighted by molar-refractivity contribution is 5.75. The highest BCUT2D eigenvalue weighted by atomic mass is 16.2. The fraction of sp³-hybridized carbons (Fsp3) is 0.923. The molecule has 0 aromatic carbocycles. The van der Waals surface area contributed by atoms with Crippen LogP contribution in [0.4, 0.5) is 4.79 Å². The molecule has 4 nitrogen and oxygen atoms in total. The van der Waals surface area contributed by atoms with Gasteiger partial charge in [-0.25, -0.2) is 4.79 Å². The maximum Gasteiger partial charge on any atom is 0.320 e. The van der Waals surface area contributed by atoms with Crippen LogP contribution in [0.2, 0.25) is 0 Å². The van der Waals surface area contributed by atoms with Crippen LogP contribution in [0.15, 0.2) is 0 Å². The minimum absolute atomic E-state index is 0.265. The molecule has 0 aromatic heterocycles. The van der Waals surface area contributed by atoms with E-state index in [1.54, 1.807) is 0 Å². The second kappa shape index (κ2) is 5.25. The third-order valence-electron chi connectivity index (χ3n) is 4.22. The Morgan fingerprint density at radius 2 is 1.65 bits per heavy atom. The van der Waals surface area contributed by atoms with E-state index in [0.29, 0.717) is 6.04 Å². The lowest BCUT2D eigenvalue weighted by Gasteiger charge is -2.33. The smallest absolute Gasteiger partial charge is 0.320 e. The zero-order valence-electron chi connectivity index (χ0n) is 11.4. The summed E-state index contributed by atoms with van der Waals surface area (Å²) in [7, 11) is 4.20. The predicted molar refractivity (Wildman–Crippen MR) is 69.0 cm³/mol. The Kier molecular flexibility index (Phi) is 3.92. The fourth-order valence-electron chi connectivity index (χ4n) is 2.74. The zero-order chi connectivity index (χ0) is 12.4. The lowest BCUT2D eigenvalue weighted by atomic mass is 10.00. The van der Waals surface area contributed by atoms with Gasteiger partial charge in [-0.2, -0.15) is 0 Å². The quantitative estimate of drug-likeness (QED) is 0.693. The van der Waals surface area contributed by atoms with Gasteiger partial charge in [0.15, 0.2) is 0 Å². The number of hydrogen-bond acceptors (Lipinski definition) is 2. The van der Waals surface area contributed by atoms with Gasteiger partial charge in [0.2, 0.25) is 0 Å². The van der Waals surface area contributed by atoms with Crippen molar-refractivity contribution in [2.24, 2.45) is 5.92 Å². The summed E-state index contributed by atoms with van der Waals surface area (Å²) in [6.07, 6.45) is 3.44. The average molecular weight is 239 g/mol. The van der Waals surface area contributed by atoms with E-state index in [9.17, 15) is 4.79 Å². The number of rotatable bonds is 1. The Labute approximate surface area is 105 Å². The molecule has 2 amide bonds. The lowest BCUT2D eigenvalue weighted by molar-refractivity contribution is 0.140. The Morgan fingerprint density at radius 1 is 1.06 bits per heavy atom. The first-order chi connectivity index (χ1) is 8.08. The van der Waals surface area contributed by atoms with Gasteiger partial charge >= 0.3 is 6.03 Å². The summed E-state index contributed by atoms with van der Waals surface area (Å²) >= 11 is 0. The molecular formula is C13H25N3O. The van der Waals surface area contributed by atoms with E-state index in [2.05, 4.69) is 25.9 Å². The Balaban J connectivity index is 1.84. The molecule has 0 N–H and O–H groups in total. The number of piperidine rings is 1. The molecule has 0 aliphatic carbocycles. The highest BCUT2D eigenvalue weighted by Crippen LogP contribution is 2.20. The normalized spacial score (nSPS) is 26.9. The van der Waals surface area contributed by atoms with Crippen LogP contribution in [0.5, 0.6) is 0 Å². The van der Waals surface area contributed by atoms with Crippen LogP contribution in [0.25, 0.3) is 0 Å². The number of hydrogen-bond donors (Lipinski definition) is 0. The van der Waals surface area contributed by atoms with Crippen LogP contribution in [0, 0.1) is 5.92 Å². The molecule has 2 fully saturated rings. The van der Waals surface area contributed by atoms with E-state index in [0.717, 1.165) is 51.4 Å². The molecule has 1 unspecified atom stereocenters. The molecule has 0 spiro atoms. The summed E-state index contributed by atoms with van der Waals surface area (Å²) in [4.78, 5) is 18.6. The minimum Gasteiger partial charge on any atom is -0.325 e. The molecular weight excluding hydrogens is 214 g/mol. The van der Waals surface area contributed by atoms with Crippen molar-refractivity contribution in [3.05, 3.63) is 0 Å². The van der Waals surface area contributed by atoms with Gasteiger partial charge in [0.05, 0.1) is 0 Å². The second-order valence-electron chi connectivity index (χ2n) is 5.80. The molecule has 2 aliphatic heterocycles. The predicted octanol–water partition coefficient (Wildman–Crippen LogP) is 1.47. The standard InChI is InChI=1S/C13H25N3O/c1-11-4-7-15(8-5-11)13(17)16-9-6-12(10-16)14(2)3/h11-12H,4-10H2,1-3H3. The van der Waals surface area contributed by atoms with E-state index in [1.165, 1.54) is 0 Å². The third-order valence-corrected chi connectivity index (χ3v) is 4.22. The highest BCUT2D eigenvalue weighted by Gasteiger charge is 2.31. The number of nitrogens with zero attached hydrogens (tertiary/aromatic N) is 3. The topological polar surface area (TPSA) is 26.8 Å². The first-order valence-electron chi connectivity index (χ1n) is 6.78. The molecule has 0 saturated carbocycles. The molecule has 2 saturated heterocycles. The molecule has 0 radical (unpaired) electrons. The van der Waals surface area contributed by atoms with Crippen molar-refractivity contribution >= 4 is 6.03 Å². The first-order valence-corrected chi connectivity index (χ1v) is 6.78. The monoisotopic (exact) mass is 239 g/mol. The van der Waals surface area contributed by atoms with Crippen molar-refractivity contribution in [2.45, 2.75) is 32.2 Å². The second-order valence-corrected chi connectivity index (χ2v) is 5.80. The molecule has 1 atom stereocenters. The van der Waals surface area contributed by atoms with Crippen LogP contribution < -0.4 is 0 Å². The summed E-state index contributed by atoms with van der Waals surface area (Å²) in [5.41, 5.74) is 0. The Hall–Kier alpha value is -0.770. The van der Waals surface area contributed by atoms with Crippen LogP contribution in [0.3, 0.4) is 0 Å². The Morgan fingerprint density at radius 3 is 2.18 bits per heavy atom. The number of likely N-dealkylation sites (tertiary alicyclic amines) is 2. The number of amides is 2. The minimum atomic E-state index is 0.265. The van der Waals surface area contributed by atoms with Gasteiger partial charge in [0.1, 0.15) is 0 Å². The van der Waals surface area contributed by atoms with Crippen molar-refractivity contribution < 1.29 is 4.79 Å². The molecule has 17 heavy (non-hydrogen) atoms. The number of carbonyl (C=O) groups is 1. The number of carbonyl (C=O) groups excluding carboxylic acids is 1. The maximum absolute atomic E-state index is 12.3. The van der Waals surface area contributed by atoms with Gasteiger partial charge in [-0.1, -0.05) is 6.92 Å². The van der Waals surface area contributed by atoms with E-state index < -0.39 is 0 Å². The molecule has 2 aliphatic rings. The zero-order valence-corrected chi connectivity index (χ0v) is 11.4. The van der Waals surface area contributed by atoms with Gasteiger partial charge < -0.3 is 14.7 Å². The first kappa shape index (κ1) is 12.7. The summed E-state index contributed by atoms with van der Waals surface area (Å²) in [5, 5.41) is 0. The van der Waals surface area contributed by atoms with Crippen molar-refractivity contribution in [2.75, 3.05) is 40.3 Å². The summed E-state index contributed by atoms with van der Waals surface area (Å²) in [5.74, 6) is 0.784. The number of likely N-dealkylation sites (N-methyl/N-ethyl adjacent to an activating group) is 1. The maximum atomic E-state index is 12.3. The molecule has 0 bridgehead atoms. The van der Waals surface area contributed by atoms with E-state index in [4.69, 9.17) is 0 Å². The van der Waals surface area contributed by atoms with Crippen LogP contribution in [-0.2, 0) is 0 Å². The van der Waals surface area contributed by atoms with Crippen molar-refractivity contribution in [1.29, 1.82) is 0 Å². The van der Waals surface area contributed by atoms with Crippen molar-refractivity contribution in [3.63, 3.8) is 0 Å². The van der Waals surface area contributed by atoms with E-state index >= 15 is 0 Å². The Bertz CT molecular complexity index is 272.